The van der Waals surface area contributed by atoms with E-state index < -0.39 is 135 Å². The third kappa shape index (κ3) is 8.19. The number of ether oxygens (including phenoxy) is 6. The highest BCUT2D eigenvalue weighted by Gasteiger charge is 2.70. The van der Waals surface area contributed by atoms with Gasteiger partial charge in [0.1, 0.15) is 73.2 Å². The summed E-state index contributed by atoms with van der Waals surface area (Å²) >= 11 is 0. The molecule has 12 N–H and O–H groups in total. The lowest BCUT2D eigenvalue weighted by Gasteiger charge is -2.71. The molecule has 3 heterocycles. The summed E-state index contributed by atoms with van der Waals surface area (Å²) in [5.74, 6) is -0.641. The van der Waals surface area contributed by atoms with E-state index in [1.54, 1.807) is 0 Å². The molecule has 0 unspecified atom stereocenters. The van der Waals surface area contributed by atoms with Gasteiger partial charge in [-0.3, -0.25) is 4.79 Å². The number of allylic oxidation sites excluding steroid dienone is 2. The standard InChI is InChI=1S/C48H78O19/c1-43(2)13-15-48(42(60)61)16-14-46(5)22(23(48)17-43)7-8-28-44(3)11-10-29(45(4,21-51)27(44)9-12-47(28,46)6)66-41-38(67-40-37(59)34(56)31(53)25(19-50)64-40)35(57)32(54)26(65-41)20-62-39-36(58)33(55)30(52)24(18-49)63-39/h7,23-41,49-59H,8-21H2,1-6H3,(H,60,61)/t23-,24-,25+,26+,27+,28+,29-,30-,31+,32-,33+,34-,35-,36-,37+,38+,39-,40-,41-,44-,45-,46+,47+,48-/m0/s1. The Hall–Kier alpha value is -1.47. The molecule has 0 amide bonds. The molecule has 384 valence electrons. The SMILES string of the molecule is CC1(C)CC[C@]2(C(=O)O)CC[C@]3(C)C(=CC[C@@H]4[C@@]5(C)CC[C@H](O[C@@H]6O[C@H](CO[C@H]7O[C@@H](CO)[C@H](O)[C@@H](O)[C@@H]7O)[C@H](O)[C@H](O)[C@H]6O[C@@H]6O[C@H](CO)[C@@H](O)[C@H](O)[C@H]6O)[C@@](C)(CO)[C@@H]5CC[C@]43C)[C@@H]2C1. The molecule has 8 aliphatic rings. The molecule has 19 nitrogen and oxygen atoms in total. The molecule has 8 rings (SSSR count). The van der Waals surface area contributed by atoms with Gasteiger partial charge >= 0.3 is 5.97 Å². The molecule has 0 spiro atoms. The van der Waals surface area contributed by atoms with Gasteiger partial charge in [0.05, 0.1) is 37.9 Å². The first-order valence-corrected chi connectivity index (χ1v) is 24.5. The van der Waals surface area contributed by atoms with Gasteiger partial charge in [0.15, 0.2) is 18.9 Å². The average molecular weight is 959 g/mol. The second-order valence-electron chi connectivity index (χ2n) is 23.4. The molecule has 0 aromatic heterocycles. The maximum absolute atomic E-state index is 13.2. The molecule has 0 aromatic carbocycles. The molecule has 4 saturated carbocycles. The van der Waals surface area contributed by atoms with Gasteiger partial charge in [-0.05, 0) is 104 Å². The van der Waals surface area contributed by atoms with Crippen molar-refractivity contribution >= 4 is 5.97 Å². The normalized spacial score (nSPS) is 54.2. The topological polar surface area (TPSA) is 315 Å². The molecule has 3 aliphatic heterocycles. The van der Waals surface area contributed by atoms with E-state index >= 15 is 0 Å². The summed E-state index contributed by atoms with van der Waals surface area (Å²) in [6, 6.07) is 0. The smallest absolute Gasteiger partial charge is 0.310 e. The maximum atomic E-state index is 13.2. The Morgan fingerprint density at radius 1 is 0.642 bits per heavy atom. The van der Waals surface area contributed by atoms with Gasteiger partial charge < -0.3 is 89.7 Å². The van der Waals surface area contributed by atoms with Gasteiger partial charge in [0.25, 0.3) is 0 Å². The number of carboxylic acids is 1. The fourth-order valence-electron chi connectivity index (χ4n) is 15.0. The van der Waals surface area contributed by atoms with Gasteiger partial charge in [0, 0.05) is 5.41 Å². The second kappa shape index (κ2) is 18.5. The van der Waals surface area contributed by atoms with Crippen molar-refractivity contribution in [3.63, 3.8) is 0 Å². The molecule has 7 fully saturated rings. The van der Waals surface area contributed by atoms with Crippen LogP contribution in [0.5, 0.6) is 0 Å². The van der Waals surface area contributed by atoms with E-state index in [1.165, 1.54) is 5.57 Å². The number of aliphatic hydroxyl groups is 11. The van der Waals surface area contributed by atoms with E-state index in [0.29, 0.717) is 25.7 Å². The Morgan fingerprint density at radius 2 is 1.22 bits per heavy atom. The van der Waals surface area contributed by atoms with Crippen LogP contribution in [0.2, 0.25) is 0 Å². The third-order valence-electron chi connectivity index (χ3n) is 19.5. The molecule has 19 heteroatoms. The Labute approximate surface area is 392 Å². The lowest BCUT2D eigenvalue weighted by Crippen LogP contribution is -2.68. The summed E-state index contributed by atoms with van der Waals surface area (Å²) in [6.07, 6.45) is -16.1. The molecule has 3 saturated heterocycles. The van der Waals surface area contributed by atoms with Gasteiger partial charge in [-0.2, -0.15) is 0 Å². The number of hydrogen-bond acceptors (Lipinski definition) is 18. The number of aliphatic hydroxyl groups excluding tert-OH is 11. The number of fused-ring (bicyclic) bond motifs is 7. The van der Waals surface area contributed by atoms with Crippen LogP contribution in [-0.2, 0) is 33.2 Å². The molecule has 24 atom stereocenters. The number of aliphatic carboxylic acids is 1. The van der Waals surface area contributed by atoms with Crippen molar-refractivity contribution in [3.8, 4) is 0 Å². The number of carbonyl (C=O) groups is 1. The molecular weight excluding hydrogens is 881 g/mol. The second-order valence-corrected chi connectivity index (χ2v) is 23.4. The number of hydrogen-bond donors (Lipinski definition) is 12. The first-order valence-electron chi connectivity index (χ1n) is 24.5. The van der Waals surface area contributed by atoms with Crippen molar-refractivity contribution in [1.82, 2.24) is 0 Å². The molecule has 0 bridgehead atoms. The van der Waals surface area contributed by atoms with Crippen molar-refractivity contribution in [2.75, 3.05) is 26.4 Å². The summed E-state index contributed by atoms with van der Waals surface area (Å²) in [4.78, 5) is 13.2. The quantitative estimate of drug-likeness (QED) is 0.0933. The van der Waals surface area contributed by atoms with Crippen LogP contribution in [0.25, 0.3) is 0 Å². The number of carboxylic acid groups (broad SMARTS) is 1. The first-order chi connectivity index (χ1) is 31.4. The summed E-state index contributed by atoms with van der Waals surface area (Å²) < 4.78 is 36.1. The number of rotatable bonds is 11. The van der Waals surface area contributed by atoms with Gasteiger partial charge in [0.2, 0.25) is 0 Å². The minimum atomic E-state index is -1.88. The van der Waals surface area contributed by atoms with Crippen molar-refractivity contribution in [1.29, 1.82) is 0 Å². The largest absolute Gasteiger partial charge is 0.481 e. The predicted octanol–water partition coefficient (Wildman–Crippen LogP) is -0.321. The lowest BCUT2D eigenvalue weighted by atomic mass is 9.33. The third-order valence-corrected chi connectivity index (χ3v) is 19.5. The zero-order valence-corrected chi connectivity index (χ0v) is 39.7. The van der Waals surface area contributed by atoms with E-state index in [2.05, 4.69) is 40.7 Å². The monoisotopic (exact) mass is 959 g/mol. The first kappa shape index (κ1) is 51.9. The molecule has 0 radical (unpaired) electrons. The highest BCUT2D eigenvalue weighted by molar-refractivity contribution is 5.76. The van der Waals surface area contributed by atoms with Crippen molar-refractivity contribution < 1.29 is 94.5 Å². The predicted molar refractivity (Wildman–Crippen MR) is 232 cm³/mol. The highest BCUT2D eigenvalue weighted by atomic mass is 16.8. The van der Waals surface area contributed by atoms with Crippen LogP contribution < -0.4 is 0 Å². The summed E-state index contributed by atoms with van der Waals surface area (Å²) in [7, 11) is 0. The Morgan fingerprint density at radius 3 is 1.84 bits per heavy atom. The van der Waals surface area contributed by atoms with Crippen LogP contribution in [0.4, 0.5) is 0 Å². The van der Waals surface area contributed by atoms with Crippen LogP contribution in [0.15, 0.2) is 11.6 Å². The van der Waals surface area contributed by atoms with Crippen LogP contribution in [0.3, 0.4) is 0 Å². The summed E-state index contributed by atoms with van der Waals surface area (Å²) in [5, 5.41) is 129. The van der Waals surface area contributed by atoms with Gasteiger partial charge in [-0.25, -0.2) is 0 Å². The van der Waals surface area contributed by atoms with Crippen LogP contribution in [0.1, 0.15) is 106 Å². The highest BCUT2D eigenvalue weighted by Crippen LogP contribution is 2.76. The van der Waals surface area contributed by atoms with Crippen molar-refractivity contribution in [3.05, 3.63) is 11.6 Å². The molecule has 5 aliphatic carbocycles. The molecule has 67 heavy (non-hydrogen) atoms. The zero-order chi connectivity index (χ0) is 49.0. The average Bonchev–Trinajstić information content (AvgIpc) is 3.28. The van der Waals surface area contributed by atoms with Gasteiger partial charge in [-0.1, -0.05) is 53.2 Å². The van der Waals surface area contributed by atoms with Crippen molar-refractivity contribution in [2.24, 2.45) is 50.2 Å². The van der Waals surface area contributed by atoms with E-state index in [4.69, 9.17) is 28.4 Å². The van der Waals surface area contributed by atoms with Crippen LogP contribution >= 0.6 is 0 Å². The fraction of sp³-hybridized carbons (Fsp3) is 0.938. The van der Waals surface area contributed by atoms with Crippen LogP contribution in [0, 0.1) is 50.2 Å². The van der Waals surface area contributed by atoms with E-state index in [0.717, 1.165) is 38.5 Å². The summed E-state index contributed by atoms with van der Waals surface area (Å²) in [6.45, 7) is 11.2. The Balaban J connectivity index is 1.07. The van der Waals surface area contributed by atoms with E-state index in [9.17, 15) is 66.1 Å². The maximum Gasteiger partial charge on any atom is 0.310 e. The minimum Gasteiger partial charge on any atom is -0.481 e. The van der Waals surface area contributed by atoms with Crippen LogP contribution in [-0.4, -0.2) is 192 Å². The zero-order valence-electron chi connectivity index (χ0n) is 39.7. The summed E-state index contributed by atoms with van der Waals surface area (Å²) in [5.41, 5.74) is -1.07. The lowest BCUT2D eigenvalue weighted by molar-refractivity contribution is -0.383. The Bertz CT molecular complexity index is 1810. The minimum absolute atomic E-state index is 0.0256. The van der Waals surface area contributed by atoms with Crippen molar-refractivity contribution in [2.45, 2.75) is 204 Å². The van der Waals surface area contributed by atoms with Gasteiger partial charge in [-0.15, -0.1) is 0 Å². The van der Waals surface area contributed by atoms with E-state index in [-0.39, 0.29) is 46.0 Å². The molecular formula is C48H78O19. The molecule has 0 aromatic rings. The Kier molecular flexibility index (Phi) is 14.4. The fourth-order valence-corrected chi connectivity index (χ4v) is 15.0. The van der Waals surface area contributed by atoms with E-state index in [1.807, 2.05) is 6.92 Å².